The SMILES string of the molecule is COCC(=O)OC[C@@H]1CCCN1C(C)(C)C. The molecule has 1 rings (SSSR count). The molecule has 0 bridgehead atoms. The van der Waals surface area contributed by atoms with Crippen LogP contribution in [0, 0.1) is 0 Å². The minimum absolute atomic E-state index is 0.0439. The second-order valence-corrected chi connectivity index (χ2v) is 5.28. The molecule has 1 aliphatic heterocycles. The maximum atomic E-state index is 11.2. The van der Waals surface area contributed by atoms with Crippen LogP contribution in [0.1, 0.15) is 33.6 Å². The Labute approximate surface area is 97.9 Å². The summed E-state index contributed by atoms with van der Waals surface area (Å²) in [6.45, 7) is 8.21. The predicted octanol–water partition coefficient (Wildman–Crippen LogP) is 1.44. The van der Waals surface area contributed by atoms with Crippen LogP contribution in [0.25, 0.3) is 0 Å². The van der Waals surface area contributed by atoms with Gasteiger partial charge in [0.25, 0.3) is 0 Å². The number of rotatable bonds is 4. The molecule has 0 aromatic rings. The Hall–Kier alpha value is -0.610. The standard InChI is InChI=1S/C12H23NO3/c1-12(2,3)13-7-5-6-10(13)8-16-11(14)9-15-4/h10H,5-9H2,1-4H3/t10-/m0/s1. The van der Waals surface area contributed by atoms with Crippen LogP contribution in [-0.4, -0.2) is 49.3 Å². The number of carbonyl (C=O) groups excluding carboxylic acids is 1. The van der Waals surface area contributed by atoms with E-state index in [0.29, 0.717) is 12.6 Å². The fourth-order valence-corrected chi connectivity index (χ4v) is 2.24. The zero-order valence-electron chi connectivity index (χ0n) is 10.8. The van der Waals surface area contributed by atoms with Gasteiger partial charge in [-0.05, 0) is 40.2 Å². The third-order valence-corrected chi connectivity index (χ3v) is 2.94. The zero-order chi connectivity index (χ0) is 12.2. The monoisotopic (exact) mass is 229 g/mol. The molecule has 1 aliphatic rings. The summed E-state index contributed by atoms with van der Waals surface area (Å²) in [6.07, 6.45) is 2.29. The number of esters is 1. The van der Waals surface area contributed by atoms with Crippen molar-refractivity contribution in [2.75, 3.05) is 26.9 Å². The van der Waals surface area contributed by atoms with Crippen LogP contribution in [0.2, 0.25) is 0 Å². The number of carbonyl (C=O) groups is 1. The number of ether oxygens (including phenoxy) is 2. The molecule has 0 aromatic heterocycles. The second-order valence-electron chi connectivity index (χ2n) is 5.28. The van der Waals surface area contributed by atoms with E-state index in [1.54, 1.807) is 0 Å². The van der Waals surface area contributed by atoms with Crippen molar-refractivity contribution in [3.05, 3.63) is 0 Å². The van der Waals surface area contributed by atoms with Crippen LogP contribution in [0.15, 0.2) is 0 Å². The molecule has 1 atom stereocenters. The average molecular weight is 229 g/mol. The molecule has 0 spiro atoms. The normalized spacial score (nSPS) is 22.4. The molecule has 0 aliphatic carbocycles. The molecule has 0 N–H and O–H groups in total. The van der Waals surface area contributed by atoms with Gasteiger partial charge in [0.05, 0.1) is 0 Å². The van der Waals surface area contributed by atoms with E-state index in [4.69, 9.17) is 9.47 Å². The van der Waals surface area contributed by atoms with Crippen molar-refractivity contribution in [3.63, 3.8) is 0 Å². The van der Waals surface area contributed by atoms with Gasteiger partial charge in [-0.2, -0.15) is 0 Å². The third-order valence-electron chi connectivity index (χ3n) is 2.94. The van der Waals surface area contributed by atoms with Crippen molar-refractivity contribution in [2.45, 2.75) is 45.2 Å². The summed E-state index contributed by atoms with van der Waals surface area (Å²) in [7, 11) is 1.50. The molecular weight excluding hydrogens is 206 g/mol. The molecule has 0 unspecified atom stereocenters. The number of hydrogen-bond donors (Lipinski definition) is 0. The number of hydrogen-bond acceptors (Lipinski definition) is 4. The Balaban J connectivity index is 2.39. The lowest BCUT2D eigenvalue weighted by Crippen LogP contribution is -2.46. The molecule has 1 fully saturated rings. The maximum absolute atomic E-state index is 11.2. The van der Waals surface area contributed by atoms with E-state index in [1.807, 2.05) is 0 Å². The molecule has 16 heavy (non-hydrogen) atoms. The van der Waals surface area contributed by atoms with Gasteiger partial charge in [0.2, 0.25) is 0 Å². The summed E-state index contributed by atoms with van der Waals surface area (Å²) in [4.78, 5) is 13.6. The smallest absolute Gasteiger partial charge is 0.332 e. The topological polar surface area (TPSA) is 38.8 Å². The zero-order valence-corrected chi connectivity index (χ0v) is 10.8. The van der Waals surface area contributed by atoms with Crippen LogP contribution in [0.5, 0.6) is 0 Å². The summed E-state index contributed by atoms with van der Waals surface area (Å²) in [5.74, 6) is -0.275. The van der Waals surface area contributed by atoms with Crippen LogP contribution >= 0.6 is 0 Å². The molecule has 4 heteroatoms. The highest BCUT2D eigenvalue weighted by Crippen LogP contribution is 2.26. The minimum Gasteiger partial charge on any atom is -0.462 e. The first-order valence-electron chi connectivity index (χ1n) is 5.86. The van der Waals surface area contributed by atoms with Gasteiger partial charge < -0.3 is 9.47 Å². The first-order chi connectivity index (χ1) is 7.45. The van der Waals surface area contributed by atoms with Crippen molar-refractivity contribution in [3.8, 4) is 0 Å². The minimum atomic E-state index is -0.275. The van der Waals surface area contributed by atoms with Crippen LogP contribution in [-0.2, 0) is 14.3 Å². The largest absolute Gasteiger partial charge is 0.462 e. The molecule has 0 aromatic carbocycles. The lowest BCUT2D eigenvalue weighted by atomic mass is 10.1. The predicted molar refractivity (Wildman–Crippen MR) is 62.3 cm³/mol. The van der Waals surface area contributed by atoms with Crippen molar-refractivity contribution in [1.29, 1.82) is 0 Å². The van der Waals surface area contributed by atoms with E-state index >= 15 is 0 Å². The number of likely N-dealkylation sites (tertiary alicyclic amines) is 1. The summed E-state index contributed by atoms with van der Waals surface area (Å²) >= 11 is 0. The highest BCUT2D eigenvalue weighted by Gasteiger charge is 2.33. The second kappa shape index (κ2) is 5.64. The molecule has 4 nitrogen and oxygen atoms in total. The fourth-order valence-electron chi connectivity index (χ4n) is 2.24. The summed E-state index contributed by atoms with van der Waals surface area (Å²) in [5.41, 5.74) is 0.148. The Bertz CT molecular complexity index is 235. The van der Waals surface area contributed by atoms with Crippen molar-refractivity contribution in [2.24, 2.45) is 0 Å². The summed E-state index contributed by atoms with van der Waals surface area (Å²) < 4.78 is 9.91. The fraction of sp³-hybridized carbons (Fsp3) is 0.917. The Morgan fingerprint density at radius 1 is 1.44 bits per heavy atom. The summed E-state index contributed by atoms with van der Waals surface area (Å²) in [5, 5.41) is 0. The van der Waals surface area contributed by atoms with E-state index in [2.05, 4.69) is 25.7 Å². The lowest BCUT2D eigenvalue weighted by Gasteiger charge is -2.36. The van der Waals surface area contributed by atoms with Gasteiger partial charge in [0.1, 0.15) is 13.2 Å². The highest BCUT2D eigenvalue weighted by molar-refractivity contribution is 5.70. The quantitative estimate of drug-likeness (QED) is 0.684. The van der Waals surface area contributed by atoms with Crippen LogP contribution < -0.4 is 0 Å². The Morgan fingerprint density at radius 3 is 2.69 bits per heavy atom. The van der Waals surface area contributed by atoms with Gasteiger partial charge in [0.15, 0.2) is 0 Å². The van der Waals surface area contributed by atoms with Gasteiger partial charge in [0, 0.05) is 18.7 Å². The maximum Gasteiger partial charge on any atom is 0.332 e. The molecule has 0 saturated carbocycles. The van der Waals surface area contributed by atoms with Crippen molar-refractivity contribution < 1.29 is 14.3 Å². The van der Waals surface area contributed by atoms with E-state index in [1.165, 1.54) is 13.5 Å². The molecule has 0 radical (unpaired) electrons. The van der Waals surface area contributed by atoms with Gasteiger partial charge in [-0.25, -0.2) is 4.79 Å². The molecule has 1 saturated heterocycles. The third kappa shape index (κ3) is 3.76. The molecule has 1 heterocycles. The average Bonchev–Trinajstić information content (AvgIpc) is 2.62. The summed E-state index contributed by atoms with van der Waals surface area (Å²) in [6, 6.07) is 0.362. The van der Waals surface area contributed by atoms with E-state index in [-0.39, 0.29) is 18.1 Å². The van der Waals surface area contributed by atoms with Crippen LogP contribution in [0.3, 0.4) is 0 Å². The van der Waals surface area contributed by atoms with Crippen LogP contribution in [0.4, 0.5) is 0 Å². The van der Waals surface area contributed by atoms with E-state index in [9.17, 15) is 4.79 Å². The van der Waals surface area contributed by atoms with E-state index in [0.717, 1.165) is 13.0 Å². The van der Waals surface area contributed by atoms with Gasteiger partial charge in [-0.15, -0.1) is 0 Å². The first kappa shape index (κ1) is 13.5. The lowest BCUT2D eigenvalue weighted by molar-refractivity contribution is -0.150. The highest BCUT2D eigenvalue weighted by atomic mass is 16.6. The molecule has 94 valence electrons. The van der Waals surface area contributed by atoms with Gasteiger partial charge in [-0.1, -0.05) is 0 Å². The van der Waals surface area contributed by atoms with Crippen molar-refractivity contribution in [1.82, 2.24) is 4.90 Å². The van der Waals surface area contributed by atoms with Crippen molar-refractivity contribution >= 4 is 5.97 Å². The Morgan fingerprint density at radius 2 is 2.12 bits per heavy atom. The van der Waals surface area contributed by atoms with E-state index < -0.39 is 0 Å². The number of methoxy groups -OCH3 is 1. The molecule has 0 amide bonds. The Kier molecular flexibility index (Phi) is 4.74. The molecular formula is C12H23NO3. The van der Waals surface area contributed by atoms with Gasteiger partial charge in [-0.3, -0.25) is 4.90 Å². The first-order valence-corrected chi connectivity index (χ1v) is 5.86. The van der Waals surface area contributed by atoms with Gasteiger partial charge >= 0.3 is 5.97 Å². The number of nitrogens with zero attached hydrogens (tertiary/aromatic N) is 1.